The Morgan fingerprint density at radius 1 is 1.39 bits per heavy atom. The van der Waals surface area contributed by atoms with Crippen LogP contribution in [0.3, 0.4) is 0 Å². The summed E-state index contributed by atoms with van der Waals surface area (Å²) in [5.74, 6) is -2.21. The van der Waals surface area contributed by atoms with Crippen molar-refractivity contribution in [3.8, 4) is 0 Å². The fraction of sp³-hybridized carbons (Fsp3) is 0.417. The first-order valence-corrected chi connectivity index (χ1v) is 6.70. The maximum absolute atomic E-state index is 13.3. The number of rotatable bonds is 5. The highest BCUT2D eigenvalue weighted by Crippen LogP contribution is 2.16. The lowest BCUT2D eigenvalue weighted by atomic mass is 10.2. The molecule has 0 saturated carbocycles. The van der Waals surface area contributed by atoms with Gasteiger partial charge in [0.2, 0.25) is 0 Å². The van der Waals surface area contributed by atoms with Crippen LogP contribution in [0.15, 0.2) is 18.2 Å². The van der Waals surface area contributed by atoms with E-state index in [4.69, 9.17) is 0 Å². The van der Waals surface area contributed by atoms with Gasteiger partial charge in [0.15, 0.2) is 0 Å². The van der Waals surface area contributed by atoms with Gasteiger partial charge in [0, 0.05) is 21.6 Å². The number of ether oxygens (including phenoxy) is 1. The summed E-state index contributed by atoms with van der Waals surface area (Å²) in [6, 6.07) is 3.47. The Hall–Kier alpha value is -1.30. The molecule has 0 aliphatic rings. The van der Waals surface area contributed by atoms with Crippen molar-refractivity contribution >= 4 is 16.8 Å². The number of esters is 1. The van der Waals surface area contributed by atoms with E-state index in [1.807, 2.05) is 0 Å². The molecule has 1 aromatic rings. The molecular formula is C12H14F2O3S. The van der Waals surface area contributed by atoms with Crippen LogP contribution in [0.2, 0.25) is 0 Å². The number of carbonyl (C=O) groups excluding carboxylic acids is 1. The summed E-state index contributed by atoms with van der Waals surface area (Å²) in [4.78, 5) is 11.0. The molecule has 0 fully saturated rings. The number of hydrogen-bond donors (Lipinski definition) is 0. The Bertz CT molecular complexity index is 442. The van der Waals surface area contributed by atoms with Crippen LogP contribution in [0, 0.1) is 11.6 Å². The van der Waals surface area contributed by atoms with Crippen LogP contribution in [0.25, 0.3) is 0 Å². The van der Waals surface area contributed by atoms with Crippen molar-refractivity contribution < 1.29 is 22.5 Å². The molecule has 0 N–H and O–H groups in total. The Labute approximate surface area is 107 Å². The van der Waals surface area contributed by atoms with Gasteiger partial charge >= 0.3 is 5.97 Å². The lowest BCUT2D eigenvalue weighted by Crippen LogP contribution is -2.19. The zero-order valence-corrected chi connectivity index (χ0v) is 10.9. The molecule has 100 valence electrons. The third kappa shape index (κ3) is 3.87. The van der Waals surface area contributed by atoms with Gasteiger partial charge in [-0.15, -0.1) is 0 Å². The van der Waals surface area contributed by atoms with Crippen LogP contribution < -0.4 is 0 Å². The van der Waals surface area contributed by atoms with Gasteiger partial charge in [-0.1, -0.05) is 13.0 Å². The summed E-state index contributed by atoms with van der Waals surface area (Å²) in [6.45, 7) is 1.58. The molecule has 0 saturated heterocycles. The Morgan fingerprint density at radius 2 is 1.94 bits per heavy atom. The molecule has 3 nitrogen and oxygen atoms in total. The summed E-state index contributed by atoms with van der Waals surface area (Å²) >= 11 is 0. The highest BCUT2D eigenvalue weighted by atomic mass is 32.2. The van der Waals surface area contributed by atoms with Crippen LogP contribution in [0.4, 0.5) is 8.78 Å². The predicted octanol–water partition coefficient (Wildman–Crippen LogP) is 2.17. The van der Waals surface area contributed by atoms with E-state index in [2.05, 4.69) is 4.74 Å². The molecule has 0 spiro atoms. The number of halogens is 2. The topological polar surface area (TPSA) is 43.4 Å². The summed E-state index contributed by atoms with van der Waals surface area (Å²) in [6.07, 6.45) is -0.0425. The average Bonchev–Trinajstić information content (AvgIpc) is 2.33. The molecule has 0 heterocycles. The van der Waals surface area contributed by atoms with Crippen LogP contribution in [0.5, 0.6) is 0 Å². The van der Waals surface area contributed by atoms with Crippen molar-refractivity contribution in [2.75, 3.05) is 7.11 Å². The zero-order valence-electron chi connectivity index (χ0n) is 10.1. The first-order chi connectivity index (χ1) is 8.45. The molecule has 0 bridgehead atoms. The van der Waals surface area contributed by atoms with Crippen LogP contribution in [-0.4, -0.2) is 22.5 Å². The van der Waals surface area contributed by atoms with Crippen molar-refractivity contribution in [1.82, 2.24) is 0 Å². The Morgan fingerprint density at radius 3 is 2.44 bits per heavy atom. The highest BCUT2D eigenvalue weighted by molar-refractivity contribution is 7.84. The number of carbonyl (C=O) groups is 1. The number of benzene rings is 1. The molecule has 0 aliphatic carbocycles. The molecule has 1 aromatic carbocycles. The summed E-state index contributed by atoms with van der Waals surface area (Å²) < 4.78 is 43.0. The average molecular weight is 276 g/mol. The smallest absolute Gasteiger partial charge is 0.306 e. The molecule has 0 aliphatic heterocycles. The maximum atomic E-state index is 13.3. The first-order valence-electron chi connectivity index (χ1n) is 5.32. The fourth-order valence-electron chi connectivity index (χ4n) is 1.37. The van der Waals surface area contributed by atoms with E-state index in [1.54, 1.807) is 6.92 Å². The molecule has 0 aromatic heterocycles. The SMILES string of the molecule is COC(=O)CC(C)S(=O)Cc1c(F)cccc1F. The van der Waals surface area contributed by atoms with Crippen molar-refractivity contribution in [1.29, 1.82) is 0 Å². The second-order valence-corrected chi connectivity index (χ2v) is 5.67. The lowest BCUT2D eigenvalue weighted by molar-refractivity contribution is -0.140. The van der Waals surface area contributed by atoms with E-state index in [0.29, 0.717) is 0 Å². The largest absolute Gasteiger partial charge is 0.469 e. The van der Waals surface area contributed by atoms with E-state index in [0.717, 1.165) is 12.1 Å². The second-order valence-electron chi connectivity index (χ2n) is 3.82. The van der Waals surface area contributed by atoms with E-state index in [1.165, 1.54) is 13.2 Å². The first kappa shape index (κ1) is 14.8. The van der Waals surface area contributed by atoms with Gasteiger partial charge in [-0.2, -0.15) is 0 Å². The zero-order chi connectivity index (χ0) is 13.7. The van der Waals surface area contributed by atoms with Crippen LogP contribution in [-0.2, 0) is 26.1 Å². The quantitative estimate of drug-likeness (QED) is 0.774. The minimum absolute atomic E-state index is 0.0425. The van der Waals surface area contributed by atoms with Crippen LogP contribution in [0.1, 0.15) is 18.9 Å². The monoisotopic (exact) mass is 276 g/mol. The van der Waals surface area contributed by atoms with E-state index >= 15 is 0 Å². The normalized spacial score (nSPS) is 14.0. The molecule has 2 atom stereocenters. The van der Waals surface area contributed by atoms with Gasteiger partial charge in [0.1, 0.15) is 11.6 Å². The van der Waals surface area contributed by atoms with Gasteiger partial charge in [0.25, 0.3) is 0 Å². The van der Waals surface area contributed by atoms with Crippen molar-refractivity contribution in [3.63, 3.8) is 0 Å². The summed E-state index contributed by atoms with van der Waals surface area (Å²) in [7, 11) is -0.309. The molecule has 0 radical (unpaired) electrons. The molecular weight excluding hydrogens is 262 g/mol. The van der Waals surface area contributed by atoms with Gasteiger partial charge in [-0.3, -0.25) is 9.00 Å². The minimum Gasteiger partial charge on any atom is -0.469 e. The van der Waals surface area contributed by atoms with Crippen molar-refractivity contribution in [2.24, 2.45) is 0 Å². The van der Waals surface area contributed by atoms with Gasteiger partial charge in [-0.25, -0.2) is 8.78 Å². The van der Waals surface area contributed by atoms with E-state index in [9.17, 15) is 17.8 Å². The predicted molar refractivity (Wildman–Crippen MR) is 64.3 cm³/mol. The van der Waals surface area contributed by atoms with Crippen molar-refractivity contribution in [3.05, 3.63) is 35.4 Å². The number of hydrogen-bond acceptors (Lipinski definition) is 3. The fourth-order valence-corrected chi connectivity index (χ4v) is 2.53. The van der Waals surface area contributed by atoms with Crippen molar-refractivity contribution in [2.45, 2.75) is 24.3 Å². The summed E-state index contributed by atoms with van der Waals surface area (Å²) in [5, 5.41) is -0.517. The highest BCUT2D eigenvalue weighted by Gasteiger charge is 2.19. The second kappa shape index (κ2) is 6.58. The molecule has 18 heavy (non-hydrogen) atoms. The standard InChI is InChI=1S/C12H14F2O3S/c1-8(6-12(15)17-2)18(16)7-9-10(13)4-3-5-11(9)14/h3-5,8H,6-7H2,1-2H3. The molecule has 2 unspecified atom stereocenters. The molecule has 0 amide bonds. The molecule has 6 heteroatoms. The van der Waals surface area contributed by atoms with E-state index in [-0.39, 0.29) is 17.7 Å². The van der Waals surface area contributed by atoms with E-state index < -0.39 is 33.7 Å². The Balaban J connectivity index is 2.73. The van der Waals surface area contributed by atoms with Crippen LogP contribution >= 0.6 is 0 Å². The minimum atomic E-state index is -1.54. The van der Waals surface area contributed by atoms with Gasteiger partial charge in [0.05, 0.1) is 19.3 Å². The number of methoxy groups -OCH3 is 1. The summed E-state index contributed by atoms with van der Waals surface area (Å²) in [5.41, 5.74) is -0.215. The van der Waals surface area contributed by atoms with Gasteiger partial charge < -0.3 is 4.74 Å². The van der Waals surface area contributed by atoms with Gasteiger partial charge in [-0.05, 0) is 12.1 Å². The maximum Gasteiger partial charge on any atom is 0.306 e. The third-order valence-electron chi connectivity index (χ3n) is 2.48. The lowest BCUT2D eigenvalue weighted by Gasteiger charge is -2.11. The third-order valence-corrected chi connectivity index (χ3v) is 4.12. The molecule has 1 rings (SSSR count). The Kier molecular flexibility index (Phi) is 5.40.